The molecule has 98 valence electrons. The van der Waals surface area contributed by atoms with Crippen LogP contribution in [0.5, 0.6) is 0 Å². The summed E-state index contributed by atoms with van der Waals surface area (Å²) in [5, 5.41) is 0. The van der Waals surface area contributed by atoms with Crippen molar-refractivity contribution < 1.29 is 0 Å². The van der Waals surface area contributed by atoms with E-state index in [1.54, 1.807) is 0 Å². The molecule has 1 aliphatic heterocycles. The fourth-order valence-electron chi connectivity index (χ4n) is 3.94. The predicted octanol–water partition coefficient (Wildman–Crippen LogP) is 1.28. The smallest absolute Gasteiger partial charge is 0.0113 e. The Morgan fingerprint density at radius 2 is 1.71 bits per heavy atom. The topological polar surface area (TPSA) is 32.5 Å². The molecule has 1 saturated heterocycles. The minimum atomic E-state index is 0.542. The first-order chi connectivity index (χ1) is 8.23. The maximum absolute atomic E-state index is 6.07. The molecule has 17 heavy (non-hydrogen) atoms. The first-order valence-electron chi connectivity index (χ1n) is 7.45. The van der Waals surface area contributed by atoms with Crippen molar-refractivity contribution in [3.05, 3.63) is 0 Å². The van der Waals surface area contributed by atoms with E-state index in [1.165, 1.54) is 64.8 Å². The molecule has 1 atom stereocenters. The molecule has 3 fully saturated rings. The average Bonchev–Trinajstić information content (AvgIpc) is 3.00. The van der Waals surface area contributed by atoms with Crippen LogP contribution in [0.4, 0.5) is 0 Å². The van der Waals surface area contributed by atoms with Gasteiger partial charge in [0.2, 0.25) is 0 Å². The monoisotopic (exact) mass is 237 g/mol. The predicted molar refractivity (Wildman–Crippen MR) is 71.0 cm³/mol. The Morgan fingerprint density at radius 3 is 2.18 bits per heavy atom. The first kappa shape index (κ1) is 11.9. The van der Waals surface area contributed by atoms with E-state index in [4.69, 9.17) is 5.73 Å². The maximum atomic E-state index is 6.07. The molecule has 0 aromatic carbocycles. The van der Waals surface area contributed by atoms with Crippen LogP contribution in [0.2, 0.25) is 0 Å². The summed E-state index contributed by atoms with van der Waals surface area (Å²) in [7, 11) is 0. The van der Waals surface area contributed by atoms with E-state index in [9.17, 15) is 0 Å². The molecule has 3 nitrogen and oxygen atoms in total. The molecule has 0 aromatic rings. The molecule has 3 rings (SSSR count). The van der Waals surface area contributed by atoms with Crippen LogP contribution in [0.3, 0.4) is 0 Å². The summed E-state index contributed by atoms with van der Waals surface area (Å²) >= 11 is 0. The van der Waals surface area contributed by atoms with Crippen LogP contribution < -0.4 is 5.73 Å². The third kappa shape index (κ3) is 2.25. The quantitative estimate of drug-likeness (QED) is 0.785. The van der Waals surface area contributed by atoms with Crippen LogP contribution in [0, 0.1) is 5.41 Å². The molecule has 2 N–H and O–H groups in total. The molecular formula is C14H27N3. The van der Waals surface area contributed by atoms with Crippen molar-refractivity contribution in [2.45, 2.75) is 51.1 Å². The molecule has 2 saturated carbocycles. The van der Waals surface area contributed by atoms with E-state index in [-0.39, 0.29) is 0 Å². The Morgan fingerprint density at radius 1 is 1.12 bits per heavy atom. The van der Waals surface area contributed by atoms with Crippen molar-refractivity contribution in [3.63, 3.8) is 0 Å². The van der Waals surface area contributed by atoms with E-state index in [0.717, 1.165) is 6.04 Å². The van der Waals surface area contributed by atoms with Gasteiger partial charge in [0.15, 0.2) is 0 Å². The highest BCUT2D eigenvalue weighted by molar-refractivity contribution is 5.08. The molecule has 1 unspecified atom stereocenters. The standard InChI is InChI=1S/C14H27N3/c1-2-16-7-9-17(10-8-16)12-3-5-14(6-4-12)11-13(14)15/h12-13H,2-11,15H2,1H3. The highest BCUT2D eigenvalue weighted by Crippen LogP contribution is 2.55. The van der Waals surface area contributed by atoms with Crippen molar-refractivity contribution in [1.29, 1.82) is 0 Å². The summed E-state index contributed by atoms with van der Waals surface area (Å²) < 4.78 is 0. The van der Waals surface area contributed by atoms with Gasteiger partial charge in [-0.05, 0) is 44.1 Å². The average molecular weight is 237 g/mol. The Bertz CT molecular complexity index is 263. The van der Waals surface area contributed by atoms with Crippen LogP contribution in [-0.4, -0.2) is 54.6 Å². The molecule has 0 radical (unpaired) electrons. The molecular weight excluding hydrogens is 210 g/mol. The van der Waals surface area contributed by atoms with E-state index in [1.807, 2.05) is 0 Å². The lowest BCUT2D eigenvalue weighted by Gasteiger charge is -2.42. The minimum absolute atomic E-state index is 0.542. The lowest BCUT2D eigenvalue weighted by molar-refractivity contribution is 0.0692. The van der Waals surface area contributed by atoms with Crippen molar-refractivity contribution >= 4 is 0 Å². The SMILES string of the molecule is CCN1CCN(C2CCC3(CC2)CC3N)CC1. The van der Waals surface area contributed by atoms with Gasteiger partial charge >= 0.3 is 0 Å². The van der Waals surface area contributed by atoms with Gasteiger partial charge in [0.05, 0.1) is 0 Å². The Hall–Kier alpha value is -0.120. The minimum Gasteiger partial charge on any atom is -0.327 e. The number of nitrogens with two attached hydrogens (primary N) is 1. The van der Waals surface area contributed by atoms with E-state index in [0.29, 0.717) is 11.5 Å². The number of rotatable bonds is 2. The van der Waals surface area contributed by atoms with Crippen molar-refractivity contribution in [2.75, 3.05) is 32.7 Å². The lowest BCUT2D eigenvalue weighted by atomic mass is 9.82. The molecule has 0 aromatic heterocycles. The largest absolute Gasteiger partial charge is 0.327 e. The summed E-state index contributed by atoms with van der Waals surface area (Å²) in [5.74, 6) is 0. The van der Waals surface area contributed by atoms with Crippen LogP contribution in [0.1, 0.15) is 39.0 Å². The number of likely N-dealkylation sites (N-methyl/N-ethyl adjacent to an activating group) is 1. The van der Waals surface area contributed by atoms with Gasteiger partial charge in [0, 0.05) is 38.3 Å². The van der Waals surface area contributed by atoms with Crippen LogP contribution >= 0.6 is 0 Å². The highest BCUT2D eigenvalue weighted by Gasteiger charge is 2.53. The van der Waals surface area contributed by atoms with Crippen molar-refractivity contribution in [2.24, 2.45) is 11.1 Å². The molecule has 3 aliphatic rings. The fourth-order valence-corrected chi connectivity index (χ4v) is 3.94. The van der Waals surface area contributed by atoms with Gasteiger partial charge in [-0.1, -0.05) is 6.92 Å². The first-order valence-corrected chi connectivity index (χ1v) is 7.45. The zero-order valence-electron chi connectivity index (χ0n) is 11.2. The summed E-state index contributed by atoms with van der Waals surface area (Å²) in [4.78, 5) is 5.31. The zero-order valence-corrected chi connectivity index (χ0v) is 11.2. The third-order valence-corrected chi connectivity index (χ3v) is 5.57. The van der Waals surface area contributed by atoms with Crippen molar-refractivity contribution in [3.8, 4) is 0 Å². The van der Waals surface area contributed by atoms with Crippen LogP contribution in [0.25, 0.3) is 0 Å². The molecule has 3 heteroatoms. The number of nitrogens with zero attached hydrogens (tertiary/aromatic N) is 2. The summed E-state index contributed by atoms with van der Waals surface area (Å²) in [6, 6.07) is 1.41. The summed E-state index contributed by atoms with van der Waals surface area (Å²) in [6.07, 6.45) is 6.91. The second-order valence-electron chi connectivity index (χ2n) is 6.37. The molecule has 2 aliphatic carbocycles. The fraction of sp³-hybridized carbons (Fsp3) is 1.00. The summed E-state index contributed by atoms with van der Waals surface area (Å²) in [5.41, 5.74) is 6.67. The van der Waals surface area contributed by atoms with Crippen LogP contribution in [0.15, 0.2) is 0 Å². The van der Waals surface area contributed by atoms with Gasteiger partial charge in [-0.3, -0.25) is 4.90 Å². The number of hydrogen-bond acceptors (Lipinski definition) is 3. The highest BCUT2D eigenvalue weighted by atomic mass is 15.3. The molecule has 0 amide bonds. The van der Waals surface area contributed by atoms with Crippen LogP contribution in [-0.2, 0) is 0 Å². The Balaban J connectivity index is 1.47. The molecule has 1 heterocycles. The third-order valence-electron chi connectivity index (χ3n) is 5.57. The second kappa shape index (κ2) is 4.52. The normalized spacial score (nSPS) is 44.1. The van der Waals surface area contributed by atoms with Gasteiger partial charge in [-0.25, -0.2) is 0 Å². The molecule has 1 spiro atoms. The van der Waals surface area contributed by atoms with Crippen molar-refractivity contribution in [1.82, 2.24) is 9.80 Å². The van der Waals surface area contributed by atoms with E-state index in [2.05, 4.69) is 16.7 Å². The van der Waals surface area contributed by atoms with E-state index >= 15 is 0 Å². The van der Waals surface area contributed by atoms with Gasteiger partial charge in [-0.2, -0.15) is 0 Å². The lowest BCUT2D eigenvalue weighted by Crippen LogP contribution is -2.51. The van der Waals surface area contributed by atoms with Gasteiger partial charge in [0.1, 0.15) is 0 Å². The zero-order chi connectivity index (χ0) is 11.9. The van der Waals surface area contributed by atoms with Gasteiger partial charge in [-0.15, -0.1) is 0 Å². The summed E-state index contributed by atoms with van der Waals surface area (Å²) in [6.45, 7) is 8.62. The second-order valence-corrected chi connectivity index (χ2v) is 6.37. The van der Waals surface area contributed by atoms with Gasteiger partial charge < -0.3 is 10.6 Å². The van der Waals surface area contributed by atoms with Gasteiger partial charge in [0.25, 0.3) is 0 Å². The number of hydrogen-bond donors (Lipinski definition) is 1. The Kier molecular flexibility index (Phi) is 3.18. The molecule has 0 bridgehead atoms. The Labute approximate surface area is 105 Å². The van der Waals surface area contributed by atoms with E-state index < -0.39 is 0 Å². The maximum Gasteiger partial charge on any atom is 0.0113 e. The number of piperazine rings is 1.